The van der Waals surface area contributed by atoms with Gasteiger partial charge in [-0.05, 0) is 38.5 Å². The highest BCUT2D eigenvalue weighted by Crippen LogP contribution is 2.43. The Morgan fingerprint density at radius 3 is 2.06 bits per heavy atom. The van der Waals surface area contributed by atoms with Gasteiger partial charge in [0.1, 0.15) is 6.10 Å². The highest BCUT2D eigenvalue weighted by atomic mass is 31.2. The molecule has 0 aliphatic heterocycles. The minimum Gasteiger partial charge on any atom is -0.458 e. The molecule has 0 saturated heterocycles. The molecule has 0 aliphatic rings. The lowest BCUT2D eigenvalue weighted by Crippen LogP contribution is -2.27. The summed E-state index contributed by atoms with van der Waals surface area (Å²) in [5.74, 6) is -0.512. The van der Waals surface area contributed by atoms with Crippen LogP contribution in [0.15, 0.2) is 24.3 Å². The SMILES string of the molecule is CCCCCC/C=C\C/C=C\CCCCCCCCOCC(COP(=O)(O)OCCN)OC(C)=O. The van der Waals surface area contributed by atoms with Gasteiger partial charge in [0, 0.05) is 20.1 Å². The maximum absolute atomic E-state index is 11.7. The molecule has 0 amide bonds. The molecule has 2 unspecified atom stereocenters. The van der Waals surface area contributed by atoms with E-state index in [0.29, 0.717) is 6.61 Å². The first-order valence-corrected chi connectivity index (χ1v) is 14.8. The van der Waals surface area contributed by atoms with E-state index in [1.807, 2.05) is 0 Å². The first-order valence-electron chi connectivity index (χ1n) is 13.3. The quantitative estimate of drug-likeness (QED) is 0.0631. The van der Waals surface area contributed by atoms with Crippen LogP contribution in [0, 0.1) is 0 Å². The third kappa shape index (κ3) is 25.9. The summed E-state index contributed by atoms with van der Waals surface area (Å²) >= 11 is 0. The van der Waals surface area contributed by atoms with Crippen LogP contribution in [0.25, 0.3) is 0 Å². The van der Waals surface area contributed by atoms with Crippen molar-refractivity contribution in [1.29, 1.82) is 0 Å². The van der Waals surface area contributed by atoms with Crippen LogP contribution in [0.4, 0.5) is 0 Å². The second-order valence-corrected chi connectivity index (χ2v) is 10.1. The van der Waals surface area contributed by atoms with Crippen LogP contribution in [0.1, 0.15) is 97.3 Å². The number of hydrogen-bond acceptors (Lipinski definition) is 7. The Labute approximate surface area is 213 Å². The fraction of sp³-hybridized carbons (Fsp3) is 0.808. The number of rotatable bonds is 25. The summed E-state index contributed by atoms with van der Waals surface area (Å²) < 4.78 is 31.8. The molecule has 35 heavy (non-hydrogen) atoms. The molecule has 0 rings (SSSR count). The van der Waals surface area contributed by atoms with E-state index >= 15 is 0 Å². The molecule has 0 aliphatic carbocycles. The summed E-state index contributed by atoms with van der Waals surface area (Å²) in [7, 11) is -4.22. The van der Waals surface area contributed by atoms with Crippen molar-refractivity contribution in [2.75, 3.05) is 33.0 Å². The van der Waals surface area contributed by atoms with Gasteiger partial charge in [0.25, 0.3) is 0 Å². The molecule has 0 radical (unpaired) electrons. The molecule has 0 bridgehead atoms. The largest absolute Gasteiger partial charge is 0.472 e. The molecular formula is C26H50NO7P. The molecule has 9 heteroatoms. The molecule has 0 heterocycles. The van der Waals surface area contributed by atoms with Gasteiger partial charge in [-0.3, -0.25) is 13.8 Å². The van der Waals surface area contributed by atoms with Gasteiger partial charge >= 0.3 is 13.8 Å². The van der Waals surface area contributed by atoms with E-state index in [1.54, 1.807) is 0 Å². The smallest absolute Gasteiger partial charge is 0.458 e. The maximum atomic E-state index is 11.7. The number of esters is 1. The molecule has 2 atom stereocenters. The van der Waals surface area contributed by atoms with Crippen LogP contribution in [-0.4, -0.2) is 49.9 Å². The molecule has 0 fully saturated rings. The average molecular weight is 520 g/mol. The number of ether oxygens (including phenoxy) is 2. The van der Waals surface area contributed by atoms with E-state index in [0.717, 1.165) is 32.1 Å². The molecule has 8 nitrogen and oxygen atoms in total. The van der Waals surface area contributed by atoms with Crippen molar-refractivity contribution in [1.82, 2.24) is 0 Å². The number of allylic oxidation sites excluding steroid dienone is 4. The van der Waals surface area contributed by atoms with E-state index < -0.39 is 19.9 Å². The fourth-order valence-corrected chi connectivity index (χ4v) is 4.08. The van der Waals surface area contributed by atoms with Crippen molar-refractivity contribution in [3.8, 4) is 0 Å². The highest BCUT2D eigenvalue weighted by Gasteiger charge is 2.24. The molecular weight excluding hydrogens is 469 g/mol. The lowest BCUT2D eigenvalue weighted by molar-refractivity contribution is -0.151. The molecule has 0 spiro atoms. The van der Waals surface area contributed by atoms with Gasteiger partial charge < -0.3 is 20.1 Å². The summed E-state index contributed by atoms with van der Waals surface area (Å²) in [6.45, 7) is 3.84. The van der Waals surface area contributed by atoms with Crippen LogP contribution in [-0.2, 0) is 27.9 Å². The molecule has 0 aromatic carbocycles. The van der Waals surface area contributed by atoms with E-state index in [1.165, 1.54) is 58.3 Å². The first-order chi connectivity index (χ1) is 16.9. The summed E-state index contributed by atoms with van der Waals surface area (Å²) in [4.78, 5) is 20.8. The number of nitrogens with two attached hydrogens (primary N) is 1. The number of hydrogen-bond donors (Lipinski definition) is 2. The second-order valence-electron chi connectivity index (χ2n) is 8.63. The Hall–Kier alpha value is -1.02. The Kier molecular flexibility index (Phi) is 23.9. The van der Waals surface area contributed by atoms with Gasteiger partial charge in [0.15, 0.2) is 0 Å². The van der Waals surface area contributed by atoms with E-state index in [4.69, 9.17) is 19.7 Å². The zero-order chi connectivity index (χ0) is 26.0. The average Bonchev–Trinajstić information content (AvgIpc) is 2.82. The van der Waals surface area contributed by atoms with Crippen LogP contribution < -0.4 is 5.73 Å². The number of unbranched alkanes of at least 4 members (excludes halogenated alkanes) is 10. The van der Waals surface area contributed by atoms with Gasteiger partial charge in [0.05, 0.1) is 19.8 Å². The molecule has 3 N–H and O–H groups in total. The van der Waals surface area contributed by atoms with Gasteiger partial charge in [-0.25, -0.2) is 4.57 Å². The zero-order valence-electron chi connectivity index (χ0n) is 22.0. The standard InChI is InChI=1S/C26H50NO7P/c1-3-4-5-6-7-8-9-10-11-12-13-14-15-16-17-18-19-21-31-23-26(34-25(2)28)24-33-35(29,30)32-22-20-27/h8-9,11-12,26H,3-7,10,13-24,27H2,1-2H3,(H,29,30)/b9-8-,12-11-. The molecule has 0 saturated carbocycles. The van der Waals surface area contributed by atoms with Crippen LogP contribution in [0.3, 0.4) is 0 Å². The van der Waals surface area contributed by atoms with Gasteiger partial charge in [-0.2, -0.15) is 0 Å². The van der Waals surface area contributed by atoms with E-state index in [2.05, 4.69) is 35.8 Å². The summed E-state index contributed by atoms with van der Waals surface area (Å²) in [5.41, 5.74) is 5.23. The number of phosphoric acid groups is 1. The molecule has 0 aromatic heterocycles. The topological polar surface area (TPSA) is 117 Å². The maximum Gasteiger partial charge on any atom is 0.472 e. The first kappa shape index (κ1) is 34.0. The molecule has 0 aromatic rings. The van der Waals surface area contributed by atoms with Crippen molar-refractivity contribution < 1.29 is 32.8 Å². The van der Waals surface area contributed by atoms with Crippen molar-refractivity contribution in [2.45, 2.75) is 103 Å². The zero-order valence-corrected chi connectivity index (χ0v) is 22.9. The van der Waals surface area contributed by atoms with Gasteiger partial charge in [-0.15, -0.1) is 0 Å². The van der Waals surface area contributed by atoms with Crippen molar-refractivity contribution in [3.05, 3.63) is 24.3 Å². The fourth-order valence-electron chi connectivity index (χ4n) is 3.32. The number of phosphoric ester groups is 1. The predicted octanol–water partition coefficient (Wildman–Crippen LogP) is 6.23. The Balaban J connectivity index is 3.67. The Morgan fingerprint density at radius 1 is 0.857 bits per heavy atom. The summed E-state index contributed by atoms with van der Waals surface area (Å²) in [6.07, 6.45) is 23.9. The van der Waals surface area contributed by atoms with Crippen LogP contribution in [0.5, 0.6) is 0 Å². The number of carbonyl (C=O) groups is 1. The van der Waals surface area contributed by atoms with Crippen molar-refractivity contribution >= 4 is 13.8 Å². The Bertz CT molecular complexity index is 598. The summed E-state index contributed by atoms with van der Waals surface area (Å²) in [6, 6.07) is 0. The lowest BCUT2D eigenvalue weighted by Gasteiger charge is -2.19. The van der Waals surface area contributed by atoms with Gasteiger partial charge in [-0.1, -0.05) is 76.2 Å². The second kappa shape index (κ2) is 24.7. The van der Waals surface area contributed by atoms with E-state index in [9.17, 15) is 14.3 Å². The third-order valence-corrected chi connectivity index (χ3v) is 6.16. The monoisotopic (exact) mass is 519 g/mol. The van der Waals surface area contributed by atoms with E-state index in [-0.39, 0.29) is 26.4 Å². The lowest BCUT2D eigenvalue weighted by atomic mass is 10.1. The molecule has 206 valence electrons. The normalized spacial score (nSPS) is 14.5. The Morgan fingerprint density at radius 2 is 1.46 bits per heavy atom. The minimum absolute atomic E-state index is 0.0941. The third-order valence-electron chi connectivity index (χ3n) is 5.17. The highest BCUT2D eigenvalue weighted by molar-refractivity contribution is 7.47. The van der Waals surface area contributed by atoms with Crippen molar-refractivity contribution in [3.63, 3.8) is 0 Å². The predicted molar refractivity (Wildman–Crippen MR) is 141 cm³/mol. The summed E-state index contributed by atoms with van der Waals surface area (Å²) in [5, 5.41) is 0. The minimum atomic E-state index is -4.22. The van der Waals surface area contributed by atoms with Gasteiger partial charge in [0.2, 0.25) is 0 Å². The van der Waals surface area contributed by atoms with Crippen LogP contribution >= 0.6 is 7.82 Å². The number of carbonyl (C=O) groups excluding carboxylic acids is 1. The van der Waals surface area contributed by atoms with Crippen LogP contribution in [0.2, 0.25) is 0 Å². The van der Waals surface area contributed by atoms with Crippen molar-refractivity contribution in [2.24, 2.45) is 5.73 Å².